The molecule has 0 bridgehead atoms. The molecule has 1 N–H and O–H groups in total. The number of aryl methyl sites for hydroxylation is 1. The van der Waals surface area contributed by atoms with Crippen LogP contribution in [0.15, 0.2) is 42.5 Å². The molecule has 0 spiro atoms. The van der Waals surface area contributed by atoms with E-state index in [4.69, 9.17) is 4.74 Å². The van der Waals surface area contributed by atoms with Gasteiger partial charge in [0.15, 0.2) is 5.78 Å². The minimum atomic E-state index is -1.01. The zero-order chi connectivity index (χ0) is 22.7. The van der Waals surface area contributed by atoms with Crippen LogP contribution in [0.2, 0.25) is 0 Å². The molecule has 0 aliphatic carbocycles. The van der Waals surface area contributed by atoms with Crippen LogP contribution in [0.5, 0.6) is 0 Å². The summed E-state index contributed by atoms with van der Waals surface area (Å²) in [5.41, 5.74) is 4.73. The zero-order valence-corrected chi connectivity index (χ0v) is 18.3. The van der Waals surface area contributed by atoms with Crippen molar-refractivity contribution in [3.63, 3.8) is 0 Å². The first-order chi connectivity index (χ1) is 15.5. The van der Waals surface area contributed by atoms with Gasteiger partial charge in [-0.1, -0.05) is 30.3 Å². The first-order valence-electron chi connectivity index (χ1n) is 11.0. The fourth-order valence-corrected chi connectivity index (χ4v) is 4.60. The summed E-state index contributed by atoms with van der Waals surface area (Å²) in [5.74, 6) is 0.183. The fraction of sp³-hybridized carbons (Fsp3) is 0.400. The van der Waals surface area contributed by atoms with E-state index in [1.54, 1.807) is 7.11 Å². The monoisotopic (exact) mass is 436 g/mol. The number of Topliss-reactive ketones (excluding diaryl/α,β-unsaturated/α-hetero) is 1. The second-order valence-corrected chi connectivity index (χ2v) is 8.41. The Balaban J connectivity index is 1.39. The molecule has 2 aromatic rings. The predicted molar refractivity (Wildman–Crippen MR) is 120 cm³/mol. The first-order valence-corrected chi connectivity index (χ1v) is 11.0. The molecule has 1 unspecified atom stereocenters. The number of amides is 2. The van der Waals surface area contributed by atoms with Gasteiger partial charge in [-0.3, -0.25) is 9.59 Å². The average molecular weight is 437 g/mol. The Labute approximate surface area is 187 Å². The molecule has 2 heterocycles. The lowest BCUT2D eigenvalue weighted by Crippen LogP contribution is -2.37. The molecule has 168 valence electrons. The number of nitrogens with zero attached hydrogens (tertiary/aromatic N) is 2. The number of ether oxygens (including phenoxy) is 1. The van der Waals surface area contributed by atoms with Crippen LogP contribution in [0.4, 0.5) is 10.5 Å². The molecule has 2 aromatic carbocycles. The van der Waals surface area contributed by atoms with Crippen molar-refractivity contribution in [1.82, 2.24) is 4.90 Å². The Hall–Kier alpha value is -3.19. The normalized spacial score (nSPS) is 15.4. The van der Waals surface area contributed by atoms with E-state index in [2.05, 4.69) is 0 Å². The van der Waals surface area contributed by atoms with Gasteiger partial charge in [-0.25, -0.2) is 4.79 Å². The highest BCUT2D eigenvalue weighted by Crippen LogP contribution is 2.37. The third-order valence-electron chi connectivity index (χ3n) is 6.31. The van der Waals surface area contributed by atoms with Crippen LogP contribution in [-0.2, 0) is 28.9 Å². The largest absolute Gasteiger partial charge is 0.465 e. The van der Waals surface area contributed by atoms with Gasteiger partial charge in [0, 0.05) is 38.6 Å². The van der Waals surface area contributed by atoms with Crippen molar-refractivity contribution in [3.05, 3.63) is 64.7 Å². The summed E-state index contributed by atoms with van der Waals surface area (Å²) < 4.78 is 5.51. The second kappa shape index (κ2) is 9.53. The Kier molecular flexibility index (Phi) is 6.55. The lowest BCUT2D eigenvalue weighted by Gasteiger charge is -2.26. The molecular weight excluding hydrogens is 408 g/mol. The van der Waals surface area contributed by atoms with Crippen molar-refractivity contribution >= 4 is 23.5 Å². The summed E-state index contributed by atoms with van der Waals surface area (Å²) in [6, 6.07) is 13.3. The molecule has 4 rings (SSSR count). The predicted octanol–water partition coefficient (Wildman–Crippen LogP) is 3.68. The van der Waals surface area contributed by atoms with E-state index in [1.807, 2.05) is 47.4 Å². The van der Waals surface area contributed by atoms with Gasteiger partial charge >= 0.3 is 6.09 Å². The lowest BCUT2D eigenvalue weighted by atomic mass is 9.94. The minimum Gasteiger partial charge on any atom is -0.465 e. The number of carbonyl (C=O) groups is 3. The van der Waals surface area contributed by atoms with Crippen LogP contribution in [0.1, 0.15) is 46.3 Å². The maximum Gasteiger partial charge on any atom is 0.407 e. The minimum absolute atomic E-state index is 0.0198. The molecule has 2 aliphatic rings. The van der Waals surface area contributed by atoms with E-state index >= 15 is 0 Å². The van der Waals surface area contributed by atoms with E-state index in [-0.39, 0.29) is 37.3 Å². The van der Waals surface area contributed by atoms with Crippen molar-refractivity contribution in [3.8, 4) is 0 Å². The van der Waals surface area contributed by atoms with Crippen LogP contribution >= 0.6 is 0 Å². The van der Waals surface area contributed by atoms with Gasteiger partial charge in [0.1, 0.15) is 0 Å². The molecule has 2 aliphatic heterocycles. The summed E-state index contributed by atoms with van der Waals surface area (Å²) in [5, 5.41) is 9.60. The van der Waals surface area contributed by atoms with Crippen LogP contribution in [0.25, 0.3) is 0 Å². The van der Waals surface area contributed by atoms with Gasteiger partial charge in [-0.05, 0) is 48.1 Å². The number of anilines is 1. The SMILES string of the molecule is COC(CCC(=O)c1cc2c3c(c1)CCN3C(=O)CC2)CN(Cc1ccccc1)C(=O)O. The molecule has 2 amide bonds. The third-order valence-corrected chi connectivity index (χ3v) is 6.31. The number of carboxylic acid groups (broad SMARTS) is 1. The highest BCUT2D eigenvalue weighted by atomic mass is 16.5. The van der Waals surface area contributed by atoms with Crippen LogP contribution in [-0.4, -0.2) is 54.1 Å². The molecule has 0 fully saturated rings. The first kappa shape index (κ1) is 22.0. The number of hydrogen-bond donors (Lipinski definition) is 1. The number of hydrogen-bond acceptors (Lipinski definition) is 4. The van der Waals surface area contributed by atoms with E-state index in [9.17, 15) is 19.5 Å². The topological polar surface area (TPSA) is 87.2 Å². The van der Waals surface area contributed by atoms with Crippen molar-refractivity contribution in [2.45, 2.75) is 44.8 Å². The van der Waals surface area contributed by atoms with Crippen molar-refractivity contribution < 1.29 is 24.2 Å². The molecule has 0 radical (unpaired) electrons. The number of carbonyl (C=O) groups excluding carboxylic acids is 2. The van der Waals surface area contributed by atoms with E-state index in [0.717, 1.165) is 28.8 Å². The number of methoxy groups -OCH3 is 1. The van der Waals surface area contributed by atoms with Gasteiger partial charge < -0.3 is 19.6 Å². The summed E-state index contributed by atoms with van der Waals surface area (Å²) in [6.07, 6.45) is 1.26. The van der Waals surface area contributed by atoms with Gasteiger partial charge in [-0.2, -0.15) is 0 Å². The van der Waals surface area contributed by atoms with E-state index in [0.29, 0.717) is 31.4 Å². The Morgan fingerprint density at radius 1 is 1.12 bits per heavy atom. The van der Waals surface area contributed by atoms with E-state index in [1.165, 1.54) is 4.90 Å². The molecule has 0 aromatic heterocycles. The lowest BCUT2D eigenvalue weighted by molar-refractivity contribution is -0.118. The summed E-state index contributed by atoms with van der Waals surface area (Å²) in [6.45, 7) is 1.16. The molecule has 32 heavy (non-hydrogen) atoms. The van der Waals surface area contributed by atoms with Gasteiger partial charge in [-0.15, -0.1) is 0 Å². The molecular formula is C25H28N2O5. The number of rotatable bonds is 9. The molecule has 0 saturated heterocycles. The van der Waals surface area contributed by atoms with Crippen LogP contribution < -0.4 is 4.90 Å². The van der Waals surface area contributed by atoms with E-state index < -0.39 is 6.09 Å². The van der Waals surface area contributed by atoms with Crippen molar-refractivity contribution in [1.29, 1.82) is 0 Å². The quantitative estimate of drug-likeness (QED) is 0.606. The standard InChI is InChI=1S/C25H28N2O5/c1-32-21(16-26(25(30)31)15-17-5-3-2-4-6-17)8-9-22(28)20-13-18-7-10-23(29)27-12-11-19(14-20)24(18)27/h2-6,13-14,21H,7-12,15-16H2,1H3,(H,30,31). The highest BCUT2D eigenvalue weighted by Gasteiger charge is 2.32. The van der Waals surface area contributed by atoms with Gasteiger partial charge in [0.25, 0.3) is 0 Å². The zero-order valence-electron chi connectivity index (χ0n) is 18.3. The van der Waals surface area contributed by atoms with Gasteiger partial charge in [0.05, 0.1) is 18.3 Å². The molecule has 1 atom stereocenters. The van der Waals surface area contributed by atoms with Crippen LogP contribution in [0.3, 0.4) is 0 Å². The summed E-state index contributed by atoms with van der Waals surface area (Å²) >= 11 is 0. The van der Waals surface area contributed by atoms with Crippen molar-refractivity contribution in [2.75, 3.05) is 25.1 Å². The number of benzene rings is 2. The van der Waals surface area contributed by atoms with Gasteiger partial charge in [0.2, 0.25) is 5.91 Å². The van der Waals surface area contributed by atoms with Crippen LogP contribution in [0, 0.1) is 0 Å². The Morgan fingerprint density at radius 2 is 1.84 bits per heavy atom. The van der Waals surface area contributed by atoms with Crippen molar-refractivity contribution in [2.24, 2.45) is 0 Å². The fourth-order valence-electron chi connectivity index (χ4n) is 4.60. The molecule has 7 heteroatoms. The molecule has 0 saturated carbocycles. The number of ketones is 1. The summed E-state index contributed by atoms with van der Waals surface area (Å²) in [7, 11) is 1.54. The third kappa shape index (κ3) is 4.67. The second-order valence-electron chi connectivity index (χ2n) is 8.41. The average Bonchev–Trinajstić information content (AvgIpc) is 3.24. The maximum atomic E-state index is 12.9. The highest BCUT2D eigenvalue weighted by molar-refractivity contribution is 6.02. The Bertz CT molecular complexity index is 1020. The smallest absolute Gasteiger partial charge is 0.407 e. The molecule has 7 nitrogen and oxygen atoms in total. The maximum absolute atomic E-state index is 12.9. The Morgan fingerprint density at radius 3 is 2.53 bits per heavy atom. The summed E-state index contributed by atoms with van der Waals surface area (Å²) in [4.78, 5) is 39.9.